The monoisotopic (exact) mass is 264 g/mol. The molecule has 3 atom stereocenters. The second kappa shape index (κ2) is 5.81. The van der Waals surface area contributed by atoms with Gasteiger partial charge < -0.3 is 29.5 Å². The van der Waals surface area contributed by atoms with Gasteiger partial charge in [0.05, 0.1) is 12.7 Å². The summed E-state index contributed by atoms with van der Waals surface area (Å²) < 4.78 is 16.4. The quantitative estimate of drug-likeness (QED) is 0.578. The predicted molar refractivity (Wildman–Crippen MR) is 63.8 cm³/mol. The highest BCUT2D eigenvalue weighted by Gasteiger charge is 2.42. The maximum Gasteiger partial charge on any atom is 0.163 e. The van der Waals surface area contributed by atoms with Crippen molar-refractivity contribution in [3.8, 4) is 0 Å². The second-order valence-electron chi connectivity index (χ2n) is 5.55. The zero-order valence-corrected chi connectivity index (χ0v) is 11.4. The van der Waals surface area contributed by atoms with Crippen LogP contribution in [-0.4, -0.2) is 58.4 Å². The Bertz CT molecular complexity index is 254. The summed E-state index contributed by atoms with van der Waals surface area (Å²) in [6.07, 6.45) is -0.0258. The molecule has 2 aliphatic rings. The second-order valence-corrected chi connectivity index (χ2v) is 5.55. The minimum Gasteiger partial charge on any atom is -0.390 e. The molecule has 0 aromatic heterocycles. The number of hydrogen-bond donors (Lipinski definition) is 3. The van der Waals surface area contributed by atoms with Crippen molar-refractivity contribution in [2.45, 2.75) is 64.0 Å². The molecule has 2 aliphatic heterocycles. The lowest BCUT2D eigenvalue weighted by Crippen LogP contribution is -2.37. The van der Waals surface area contributed by atoms with Crippen LogP contribution in [0.15, 0.2) is 0 Å². The van der Waals surface area contributed by atoms with Crippen LogP contribution in [0, 0.1) is 0 Å². The number of rotatable bonds is 1. The highest BCUT2D eigenvalue weighted by atomic mass is 16.7. The third-order valence-electron chi connectivity index (χ3n) is 2.50. The summed E-state index contributed by atoms with van der Waals surface area (Å²) in [7, 11) is 0. The van der Waals surface area contributed by atoms with Crippen LogP contribution in [0.5, 0.6) is 0 Å². The third-order valence-corrected chi connectivity index (χ3v) is 2.50. The van der Waals surface area contributed by atoms with E-state index < -0.39 is 17.7 Å². The van der Waals surface area contributed by atoms with Crippen molar-refractivity contribution in [3.63, 3.8) is 0 Å². The first kappa shape index (κ1) is 15.8. The molecule has 0 aromatic carbocycles. The van der Waals surface area contributed by atoms with Gasteiger partial charge in [0.15, 0.2) is 11.6 Å². The van der Waals surface area contributed by atoms with Crippen molar-refractivity contribution in [2.24, 2.45) is 0 Å². The lowest BCUT2D eigenvalue weighted by Gasteiger charge is -2.22. The first-order valence-corrected chi connectivity index (χ1v) is 6.15. The van der Waals surface area contributed by atoms with E-state index >= 15 is 0 Å². The fourth-order valence-corrected chi connectivity index (χ4v) is 1.83. The summed E-state index contributed by atoms with van der Waals surface area (Å²) in [6.45, 7) is 7.46. The maximum atomic E-state index is 9.56. The van der Waals surface area contributed by atoms with Gasteiger partial charge in [-0.3, -0.25) is 0 Å². The van der Waals surface area contributed by atoms with Gasteiger partial charge in [-0.05, 0) is 34.1 Å². The summed E-state index contributed by atoms with van der Waals surface area (Å²) in [5, 5.41) is 25.7. The van der Waals surface area contributed by atoms with Crippen LogP contribution in [0.2, 0.25) is 0 Å². The van der Waals surface area contributed by atoms with Gasteiger partial charge in [0.1, 0.15) is 12.2 Å². The van der Waals surface area contributed by atoms with E-state index in [1.54, 1.807) is 0 Å². The summed E-state index contributed by atoms with van der Waals surface area (Å²) in [4.78, 5) is 0. The van der Waals surface area contributed by atoms with Gasteiger partial charge in [0, 0.05) is 6.61 Å². The Labute approximate surface area is 107 Å². The normalized spacial score (nSPS) is 35.2. The average Bonchev–Trinajstić information content (AvgIpc) is 2.69. The molecule has 3 N–H and O–H groups in total. The minimum atomic E-state index is -1.50. The van der Waals surface area contributed by atoms with Crippen LogP contribution < -0.4 is 0 Å². The Hall–Kier alpha value is -0.240. The highest BCUT2D eigenvalue weighted by Crippen LogP contribution is 2.29. The highest BCUT2D eigenvalue weighted by molar-refractivity contribution is 4.86. The van der Waals surface area contributed by atoms with E-state index in [0.717, 1.165) is 0 Å². The van der Waals surface area contributed by atoms with Crippen molar-refractivity contribution in [3.05, 3.63) is 0 Å². The fourth-order valence-electron chi connectivity index (χ4n) is 1.83. The van der Waals surface area contributed by atoms with Crippen molar-refractivity contribution >= 4 is 0 Å². The van der Waals surface area contributed by atoms with Crippen LogP contribution in [0.4, 0.5) is 0 Å². The molecule has 0 aromatic rings. The van der Waals surface area contributed by atoms with Crippen LogP contribution in [0.1, 0.15) is 34.1 Å². The zero-order chi connectivity index (χ0) is 14.0. The summed E-state index contributed by atoms with van der Waals surface area (Å²) in [6, 6.07) is 0. The predicted octanol–water partition coefficient (Wildman–Crippen LogP) is -0.00520. The topological polar surface area (TPSA) is 88.4 Å². The molecule has 0 aliphatic carbocycles. The van der Waals surface area contributed by atoms with E-state index in [-0.39, 0.29) is 12.2 Å². The number of aliphatic hydroxyl groups is 3. The Morgan fingerprint density at radius 2 is 1.78 bits per heavy atom. The molecule has 2 rings (SSSR count). The fraction of sp³-hybridized carbons (Fsp3) is 1.00. The molecule has 0 spiro atoms. The Balaban J connectivity index is 0.000000280. The van der Waals surface area contributed by atoms with E-state index in [4.69, 9.17) is 24.4 Å². The lowest BCUT2D eigenvalue weighted by atomic mass is 10.1. The molecule has 0 amide bonds. The lowest BCUT2D eigenvalue weighted by molar-refractivity contribution is -0.157. The van der Waals surface area contributed by atoms with Crippen molar-refractivity contribution in [1.82, 2.24) is 0 Å². The van der Waals surface area contributed by atoms with Crippen molar-refractivity contribution in [1.29, 1.82) is 0 Å². The van der Waals surface area contributed by atoms with Crippen LogP contribution in [-0.2, 0) is 14.2 Å². The molecule has 0 radical (unpaired) electrons. The molecule has 3 unspecified atom stereocenters. The summed E-state index contributed by atoms with van der Waals surface area (Å²) >= 11 is 0. The van der Waals surface area contributed by atoms with Crippen molar-refractivity contribution < 1.29 is 29.5 Å². The van der Waals surface area contributed by atoms with E-state index in [9.17, 15) is 5.11 Å². The molecule has 2 heterocycles. The van der Waals surface area contributed by atoms with Crippen LogP contribution in [0.25, 0.3) is 0 Å². The molecule has 0 saturated carbocycles. The molecule has 2 saturated heterocycles. The maximum absolute atomic E-state index is 9.56. The summed E-state index contributed by atoms with van der Waals surface area (Å²) in [5.41, 5.74) is 0. The van der Waals surface area contributed by atoms with Gasteiger partial charge in [0.2, 0.25) is 0 Å². The van der Waals surface area contributed by atoms with E-state index in [1.807, 2.05) is 13.8 Å². The molecular weight excluding hydrogens is 240 g/mol. The minimum absolute atomic E-state index is 0.118. The first-order valence-electron chi connectivity index (χ1n) is 6.15. The van der Waals surface area contributed by atoms with E-state index in [0.29, 0.717) is 19.6 Å². The third kappa shape index (κ3) is 5.60. The molecule has 2 fully saturated rings. The average molecular weight is 264 g/mol. The number of hydrogen-bond acceptors (Lipinski definition) is 6. The molecule has 6 heteroatoms. The molecule has 0 bridgehead atoms. The molecule has 108 valence electrons. The van der Waals surface area contributed by atoms with Gasteiger partial charge in [-0.2, -0.15) is 0 Å². The standard InChI is InChI=1S/C9H16O4.C3H8O2/c1-9(2)12-5-7(13-9)8-6(10)3-4-11-8;1-3(2,4)5/h6-8,10H,3-5H2,1-2H3;4-5H,1-2H3. The number of aliphatic hydroxyl groups excluding tert-OH is 1. The first-order chi connectivity index (χ1) is 8.08. The van der Waals surface area contributed by atoms with Crippen molar-refractivity contribution in [2.75, 3.05) is 13.2 Å². The zero-order valence-electron chi connectivity index (χ0n) is 11.4. The Morgan fingerprint density at radius 1 is 1.22 bits per heavy atom. The Morgan fingerprint density at radius 3 is 2.11 bits per heavy atom. The molecular formula is C12H24O6. The van der Waals surface area contributed by atoms with Gasteiger partial charge >= 0.3 is 0 Å². The Kier molecular flexibility index (Phi) is 5.11. The van der Waals surface area contributed by atoms with E-state index in [2.05, 4.69) is 0 Å². The van der Waals surface area contributed by atoms with Gasteiger partial charge in [-0.1, -0.05) is 0 Å². The smallest absolute Gasteiger partial charge is 0.163 e. The largest absolute Gasteiger partial charge is 0.390 e. The van der Waals surface area contributed by atoms with Gasteiger partial charge in [-0.15, -0.1) is 0 Å². The van der Waals surface area contributed by atoms with Crippen LogP contribution in [0.3, 0.4) is 0 Å². The number of ether oxygens (including phenoxy) is 3. The van der Waals surface area contributed by atoms with Gasteiger partial charge in [-0.25, -0.2) is 0 Å². The van der Waals surface area contributed by atoms with E-state index in [1.165, 1.54) is 13.8 Å². The SMILES string of the molecule is CC(C)(O)O.CC1(C)OCC(C2OCCC2O)O1. The molecule has 18 heavy (non-hydrogen) atoms. The summed E-state index contributed by atoms with van der Waals surface area (Å²) in [5.74, 6) is -2.03. The van der Waals surface area contributed by atoms with Crippen LogP contribution >= 0.6 is 0 Å². The molecule has 6 nitrogen and oxygen atoms in total. The van der Waals surface area contributed by atoms with Gasteiger partial charge in [0.25, 0.3) is 0 Å².